The van der Waals surface area contributed by atoms with Gasteiger partial charge in [-0.3, -0.25) is 0 Å². The van der Waals surface area contributed by atoms with E-state index < -0.39 is 0 Å². The molecule has 0 radical (unpaired) electrons. The molecule has 0 saturated heterocycles. The molecule has 16 heavy (non-hydrogen) atoms. The second-order valence-corrected chi connectivity index (χ2v) is 4.62. The van der Waals surface area contributed by atoms with E-state index in [0.717, 1.165) is 24.7 Å². The minimum absolute atomic E-state index is 0.320. The average molecular weight is 236 g/mol. The van der Waals surface area contributed by atoms with Crippen LogP contribution in [0.3, 0.4) is 0 Å². The molecular weight excluding hydrogens is 220 g/mol. The van der Waals surface area contributed by atoms with Gasteiger partial charge in [-0.2, -0.15) is 0 Å². The first-order valence-corrected chi connectivity index (χ1v) is 6.05. The Morgan fingerprint density at radius 2 is 2.31 bits per heavy atom. The number of hydrogen-bond donors (Lipinski definition) is 1. The molecule has 1 heterocycles. The molecule has 0 unspecified atom stereocenters. The first-order chi connectivity index (χ1) is 7.75. The molecular formula is C12H16N2OS. The molecule has 0 aromatic carbocycles. The van der Waals surface area contributed by atoms with Gasteiger partial charge in [0.15, 0.2) is 0 Å². The number of rotatable bonds is 5. The van der Waals surface area contributed by atoms with Gasteiger partial charge in [-0.15, -0.1) is 0 Å². The maximum Gasteiger partial charge on any atom is 0.137 e. The molecule has 0 bridgehead atoms. The van der Waals surface area contributed by atoms with Crippen LogP contribution in [-0.4, -0.2) is 16.6 Å². The zero-order valence-electron chi connectivity index (χ0n) is 9.19. The van der Waals surface area contributed by atoms with Crippen LogP contribution in [0, 0.1) is 5.92 Å². The van der Waals surface area contributed by atoms with Crippen LogP contribution in [0.1, 0.15) is 31.4 Å². The molecule has 1 saturated carbocycles. The summed E-state index contributed by atoms with van der Waals surface area (Å²) in [4.78, 5) is 4.44. The predicted octanol–water partition coefficient (Wildman–Crippen LogP) is 2.28. The number of nitrogens with two attached hydrogens (primary N) is 1. The first-order valence-electron chi connectivity index (χ1n) is 5.64. The van der Waals surface area contributed by atoms with Crippen molar-refractivity contribution in [1.29, 1.82) is 0 Å². The highest BCUT2D eigenvalue weighted by molar-refractivity contribution is 7.80. The molecule has 0 amide bonds. The van der Waals surface area contributed by atoms with E-state index in [-0.39, 0.29) is 0 Å². The van der Waals surface area contributed by atoms with Gasteiger partial charge in [-0.25, -0.2) is 4.98 Å². The predicted molar refractivity (Wildman–Crippen MR) is 67.6 cm³/mol. The Morgan fingerprint density at radius 3 is 2.81 bits per heavy atom. The lowest BCUT2D eigenvalue weighted by atomic mass is 9.83. The molecule has 3 nitrogen and oxygen atoms in total. The van der Waals surface area contributed by atoms with E-state index in [1.165, 1.54) is 19.3 Å². The maximum atomic E-state index is 5.60. The summed E-state index contributed by atoms with van der Waals surface area (Å²) in [6.45, 7) is 0.777. The fourth-order valence-corrected chi connectivity index (χ4v) is 1.86. The Kier molecular flexibility index (Phi) is 3.72. The summed E-state index contributed by atoms with van der Waals surface area (Å²) in [6.07, 6.45) is 6.94. The van der Waals surface area contributed by atoms with Crippen LogP contribution in [0.2, 0.25) is 0 Å². The molecule has 1 fully saturated rings. The average Bonchev–Trinajstić information content (AvgIpc) is 2.22. The summed E-state index contributed by atoms with van der Waals surface area (Å²) < 4.78 is 5.60. The van der Waals surface area contributed by atoms with Crippen LogP contribution in [0.25, 0.3) is 0 Å². The van der Waals surface area contributed by atoms with Crippen LogP contribution >= 0.6 is 12.2 Å². The summed E-state index contributed by atoms with van der Waals surface area (Å²) in [5, 5.41) is 0. The minimum atomic E-state index is 0.320. The Balaban J connectivity index is 1.78. The van der Waals surface area contributed by atoms with Gasteiger partial charge >= 0.3 is 0 Å². The molecule has 2 rings (SSSR count). The quantitative estimate of drug-likeness (QED) is 0.797. The molecule has 0 aliphatic heterocycles. The molecule has 1 aromatic heterocycles. The molecule has 1 aliphatic carbocycles. The van der Waals surface area contributed by atoms with Crippen molar-refractivity contribution in [3.05, 3.63) is 24.0 Å². The first kappa shape index (κ1) is 11.3. The van der Waals surface area contributed by atoms with E-state index in [9.17, 15) is 0 Å². The minimum Gasteiger partial charge on any atom is -0.492 e. The monoisotopic (exact) mass is 236 g/mol. The van der Waals surface area contributed by atoms with Crippen molar-refractivity contribution >= 4 is 17.2 Å². The van der Waals surface area contributed by atoms with Crippen LogP contribution in [0.4, 0.5) is 0 Å². The summed E-state index contributed by atoms with van der Waals surface area (Å²) in [5.41, 5.74) is 6.10. The number of thiocarbonyl (C=S) groups is 1. The van der Waals surface area contributed by atoms with Gasteiger partial charge in [0.1, 0.15) is 10.7 Å². The lowest BCUT2D eigenvalue weighted by Crippen LogP contribution is -2.15. The third kappa shape index (κ3) is 2.92. The molecule has 0 spiro atoms. The highest BCUT2D eigenvalue weighted by Gasteiger charge is 2.16. The fraction of sp³-hybridized carbons (Fsp3) is 0.500. The number of hydrogen-bond acceptors (Lipinski definition) is 3. The smallest absolute Gasteiger partial charge is 0.137 e. The standard InChI is InChI=1S/C12H16N2OS/c13-12(16)11-5-4-10(8-14-11)15-7-6-9-2-1-3-9/h4-5,8-9H,1-3,6-7H2,(H2,13,16). The fourth-order valence-electron chi connectivity index (χ4n) is 1.74. The van der Waals surface area contributed by atoms with Crippen molar-refractivity contribution in [1.82, 2.24) is 4.98 Å². The third-order valence-electron chi connectivity index (χ3n) is 3.01. The maximum absolute atomic E-state index is 5.60. The van der Waals surface area contributed by atoms with Gasteiger partial charge in [0.05, 0.1) is 18.5 Å². The Bertz CT molecular complexity index is 360. The van der Waals surface area contributed by atoms with E-state index in [1.807, 2.05) is 6.07 Å². The number of nitrogens with zero attached hydrogens (tertiary/aromatic N) is 1. The summed E-state index contributed by atoms with van der Waals surface area (Å²) >= 11 is 4.82. The SMILES string of the molecule is NC(=S)c1ccc(OCCC2CCC2)cn1. The second-order valence-electron chi connectivity index (χ2n) is 4.18. The molecule has 86 valence electrons. The van der Waals surface area contributed by atoms with E-state index in [2.05, 4.69) is 4.98 Å². The Hall–Kier alpha value is -1.16. The van der Waals surface area contributed by atoms with Gasteiger partial charge in [-0.05, 0) is 24.5 Å². The van der Waals surface area contributed by atoms with E-state index in [1.54, 1.807) is 12.3 Å². The lowest BCUT2D eigenvalue weighted by Gasteiger charge is -2.24. The van der Waals surface area contributed by atoms with Crippen molar-refractivity contribution in [2.24, 2.45) is 11.7 Å². The Morgan fingerprint density at radius 1 is 1.50 bits per heavy atom. The van der Waals surface area contributed by atoms with E-state index in [0.29, 0.717) is 10.7 Å². The number of pyridine rings is 1. The van der Waals surface area contributed by atoms with Crippen LogP contribution in [0.5, 0.6) is 5.75 Å². The summed E-state index contributed by atoms with van der Waals surface area (Å²) in [5.74, 6) is 1.67. The highest BCUT2D eigenvalue weighted by atomic mass is 32.1. The second kappa shape index (κ2) is 5.25. The number of aromatic nitrogens is 1. The van der Waals surface area contributed by atoms with Crippen molar-refractivity contribution < 1.29 is 4.74 Å². The van der Waals surface area contributed by atoms with Gasteiger partial charge in [0.2, 0.25) is 0 Å². The molecule has 4 heteroatoms. The molecule has 0 atom stereocenters. The lowest BCUT2D eigenvalue weighted by molar-refractivity contribution is 0.221. The van der Waals surface area contributed by atoms with E-state index in [4.69, 9.17) is 22.7 Å². The van der Waals surface area contributed by atoms with Crippen molar-refractivity contribution in [2.45, 2.75) is 25.7 Å². The third-order valence-corrected chi connectivity index (χ3v) is 3.22. The summed E-state index contributed by atoms with van der Waals surface area (Å²) in [7, 11) is 0. The zero-order valence-corrected chi connectivity index (χ0v) is 10.0. The normalized spacial score (nSPS) is 15.5. The van der Waals surface area contributed by atoms with Crippen molar-refractivity contribution in [3.63, 3.8) is 0 Å². The molecule has 2 N–H and O–H groups in total. The van der Waals surface area contributed by atoms with Gasteiger partial charge in [-0.1, -0.05) is 31.5 Å². The van der Waals surface area contributed by atoms with Crippen molar-refractivity contribution in [2.75, 3.05) is 6.61 Å². The van der Waals surface area contributed by atoms with Gasteiger partial charge in [0, 0.05) is 0 Å². The highest BCUT2D eigenvalue weighted by Crippen LogP contribution is 2.29. The number of ether oxygens (including phenoxy) is 1. The van der Waals surface area contributed by atoms with Gasteiger partial charge in [0.25, 0.3) is 0 Å². The van der Waals surface area contributed by atoms with Crippen molar-refractivity contribution in [3.8, 4) is 5.75 Å². The largest absolute Gasteiger partial charge is 0.492 e. The molecule has 1 aromatic rings. The summed E-state index contributed by atoms with van der Waals surface area (Å²) in [6, 6.07) is 3.66. The van der Waals surface area contributed by atoms with Crippen LogP contribution < -0.4 is 10.5 Å². The zero-order chi connectivity index (χ0) is 11.4. The molecule has 1 aliphatic rings. The topological polar surface area (TPSA) is 48.1 Å². The van der Waals surface area contributed by atoms with E-state index >= 15 is 0 Å². The Labute approximate surface area is 101 Å². The van der Waals surface area contributed by atoms with Crippen LogP contribution in [-0.2, 0) is 0 Å². The van der Waals surface area contributed by atoms with Gasteiger partial charge < -0.3 is 10.5 Å². The van der Waals surface area contributed by atoms with Crippen LogP contribution in [0.15, 0.2) is 18.3 Å².